The summed E-state index contributed by atoms with van der Waals surface area (Å²) in [6, 6.07) is 6.53. The van der Waals surface area contributed by atoms with Crippen LogP contribution in [0.25, 0.3) is 0 Å². The predicted molar refractivity (Wildman–Crippen MR) is 130 cm³/mol. The van der Waals surface area contributed by atoms with E-state index in [4.69, 9.17) is 79.4 Å². The van der Waals surface area contributed by atoms with E-state index in [-0.39, 0.29) is 17.1 Å². The van der Waals surface area contributed by atoms with E-state index in [1.807, 2.05) is 0 Å². The van der Waals surface area contributed by atoms with Crippen molar-refractivity contribution < 1.29 is 49.6 Å². The molecule has 0 aliphatic heterocycles. The third kappa shape index (κ3) is 17.9. The van der Waals surface area contributed by atoms with Crippen molar-refractivity contribution in [3.63, 3.8) is 0 Å². The number of carbonyl (C=O) groups is 1. The number of ether oxygens (including phenoxy) is 5. The van der Waals surface area contributed by atoms with Gasteiger partial charge < -0.3 is 23.7 Å². The summed E-state index contributed by atoms with van der Waals surface area (Å²) < 4.78 is 49.3. The average Bonchev–Trinajstić information content (AvgIpc) is 2.78. The third-order valence-corrected chi connectivity index (χ3v) is 3.51. The van der Waals surface area contributed by atoms with Crippen molar-refractivity contribution in [1.29, 1.82) is 0 Å². The van der Waals surface area contributed by atoms with Crippen molar-refractivity contribution in [2.45, 2.75) is 5.02 Å². The van der Waals surface area contributed by atoms with Crippen LogP contribution in [0, 0.1) is 11.6 Å². The van der Waals surface area contributed by atoms with Crippen LogP contribution in [-0.2, 0) is 17.1 Å². The zero-order chi connectivity index (χ0) is 26.9. The number of carbonyl (C=O) groups excluding carboxylic acids is 1. The number of rotatable bonds is 6. The molecule has 0 aliphatic rings. The van der Waals surface area contributed by atoms with Crippen LogP contribution in [0.4, 0.5) is 8.78 Å². The summed E-state index contributed by atoms with van der Waals surface area (Å²) in [6.07, 6.45) is 0.428. The van der Waals surface area contributed by atoms with Gasteiger partial charge in [-0.1, -0.05) is 23.2 Å². The number of benzene rings is 2. The molecule has 2 aromatic rings. The Balaban J connectivity index is 0. The first-order chi connectivity index (χ1) is 15.8. The van der Waals surface area contributed by atoms with E-state index in [1.165, 1.54) is 59.8 Å². The Morgan fingerprint density at radius 1 is 0.765 bits per heavy atom. The molecule has 0 heterocycles. The molecular formula is C19H22Cl6F2O6Ti. The van der Waals surface area contributed by atoms with Crippen molar-refractivity contribution in [3.8, 4) is 23.0 Å². The molecule has 0 bridgehead atoms. The molecule has 0 spiro atoms. The molecule has 0 atom stereocenters. The normalized spacial score (nSPS) is 9.82. The van der Waals surface area contributed by atoms with Gasteiger partial charge in [-0.05, 0) is 18.2 Å². The molecule has 0 saturated carbocycles. The van der Waals surface area contributed by atoms with Crippen LogP contribution in [0.1, 0.15) is 10.4 Å². The zero-order valence-corrected chi connectivity index (χ0v) is 24.6. The summed E-state index contributed by atoms with van der Waals surface area (Å²) in [5.41, 5.74) is -0.0438. The molecule has 2 aromatic carbocycles. The van der Waals surface area contributed by atoms with E-state index in [1.54, 1.807) is 0 Å². The van der Waals surface area contributed by atoms with Crippen molar-refractivity contribution in [1.82, 2.24) is 0 Å². The standard InChI is InChI=1S/C9H9FO3.C8H9FO2.C2H4Cl2O.4ClH.Ti/c1-12-8-3-6(5-11)7(10)4-9(8)13-2;1-10-7-4-3-6(9)5-8(7)11-2;1-5-2(3)4;;;;;/h3-5H,1-2H3;3-5H,1-2H3;2H,1H3;4*1H;/q;;;;;;;+4/p-4. The number of hydrogen-bond acceptors (Lipinski definition) is 6. The van der Waals surface area contributed by atoms with Gasteiger partial charge in [-0.2, -0.15) is 0 Å². The molecule has 0 aromatic heterocycles. The van der Waals surface area contributed by atoms with E-state index in [0.717, 1.165) is 6.07 Å². The minimum absolute atomic E-state index is 0.0438. The monoisotopic (exact) mass is 642 g/mol. The summed E-state index contributed by atoms with van der Waals surface area (Å²) in [7, 11) is 27.3. The number of methoxy groups -OCH3 is 5. The second-order valence-corrected chi connectivity index (χ2v) is 21.8. The van der Waals surface area contributed by atoms with Gasteiger partial charge in [0.1, 0.15) is 11.6 Å². The van der Waals surface area contributed by atoms with Gasteiger partial charge in [-0.25, -0.2) is 8.78 Å². The summed E-state index contributed by atoms with van der Waals surface area (Å²) >= 11 is 6.90. The number of alkyl halides is 2. The van der Waals surface area contributed by atoms with Crippen LogP contribution in [0.5, 0.6) is 23.0 Å². The van der Waals surface area contributed by atoms with Gasteiger partial charge in [0.25, 0.3) is 0 Å². The Labute approximate surface area is 226 Å². The Bertz CT molecular complexity index is 853. The van der Waals surface area contributed by atoms with E-state index in [0.29, 0.717) is 23.5 Å². The number of halogens is 8. The zero-order valence-electron chi connectivity index (χ0n) is 18.5. The van der Waals surface area contributed by atoms with Gasteiger partial charge in [-0.15, -0.1) is 0 Å². The van der Waals surface area contributed by atoms with Gasteiger partial charge in [0.05, 0.1) is 34.0 Å². The van der Waals surface area contributed by atoms with E-state index >= 15 is 0 Å². The topological polar surface area (TPSA) is 63.2 Å². The molecule has 0 fully saturated rings. The summed E-state index contributed by atoms with van der Waals surface area (Å²) in [6.45, 7) is 0. The third-order valence-electron chi connectivity index (χ3n) is 3.15. The molecule has 6 nitrogen and oxygen atoms in total. The fraction of sp³-hybridized carbons (Fsp3) is 0.316. The maximum absolute atomic E-state index is 13.0. The van der Waals surface area contributed by atoms with E-state index in [2.05, 4.69) is 4.74 Å². The van der Waals surface area contributed by atoms with Crippen molar-refractivity contribution in [2.75, 3.05) is 35.5 Å². The fourth-order valence-corrected chi connectivity index (χ4v) is 1.77. The van der Waals surface area contributed by atoms with Gasteiger partial charge in [-0.3, -0.25) is 4.79 Å². The van der Waals surface area contributed by atoms with Crippen LogP contribution < -0.4 is 18.9 Å². The van der Waals surface area contributed by atoms with E-state index < -0.39 is 23.2 Å². The Morgan fingerprint density at radius 2 is 1.15 bits per heavy atom. The molecule has 15 heteroatoms. The molecular weight excluding hydrogens is 623 g/mol. The van der Waals surface area contributed by atoms with Gasteiger partial charge in [0.2, 0.25) is 5.02 Å². The SMILES string of the molecule is COC(Cl)Cl.COc1cc(F)c(C=O)cc1OC.COc1ccc(F)cc1OC.[Cl][Ti]([Cl])([Cl])[Cl]. The summed E-state index contributed by atoms with van der Waals surface area (Å²) in [5.74, 6) is 0.605. The molecule has 0 radical (unpaired) electrons. The Morgan fingerprint density at radius 3 is 1.50 bits per heavy atom. The van der Waals surface area contributed by atoms with E-state index in [9.17, 15) is 13.6 Å². The second kappa shape index (κ2) is 19.7. The minimum atomic E-state index is -3.11. The molecule has 0 saturated heterocycles. The van der Waals surface area contributed by atoms with Crippen molar-refractivity contribution in [2.24, 2.45) is 0 Å². The quantitative estimate of drug-likeness (QED) is 0.183. The predicted octanol–water partition coefficient (Wildman–Crippen LogP) is 7.65. The summed E-state index contributed by atoms with van der Waals surface area (Å²) in [5, 5.41) is -0.671. The molecule has 194 valence electrons. The summed E-state index contributed by atoms with van der Waals surface area (Å²) in [4.78, 5) is 10.4. The number of hydrogen-bond donors (Lipinski definition) is 0. The van der Waals surface area contributed by atoms with Gasteiger partial charge in [0.15, 0.2) is 29.3 Å². The first-order valence-corrected chi connectivity index (χ1v) is 18.0. The van der Waals surface area contributed by atoms with Crippen LogP contribution in [-0.4, -0.2) is 46.9 Å². The Hall–Kier alpha value is -0.416. The van der Waals surface area contributed by atoms with Gasteiger partial charge in [0, 0.05) is 19.2 Å². The average molecular weight is 645 g/mol. The van der Waals surface area contributed by atoms with Crippen molar-refractivity contribution in [3.05, 3.63) is 47.5 Å². The maximum atomic E-state index is 13.0. The van der Waals surface area contributed by atoms with Crippen molar-refractivity contribution >= 4 is 66.7 Å². The van der Waals surface area contributed by atoms with Gasteiger partial charge >= 0.3 is 49.6 Å². The molecule has 0 aliphatic carbocycles. The first kappa shape index (κ1) is 35.7. The molecule has 0 amide bonds. The van der Waals surface area contributed by atoms with Crippen LogP contribution in [0.15, 0.2) is 30.3 Å². The van der Waals surface area contributed by atoms with Crippen LogP contribution in [0.3, 0.4) is 0 Å². The van der Waals surface area contributed by atoms with Crippen LogP contribution in [0.2, 0.25) is 0 Å². The molecule has 2 rings (SSSR count). The molecule has 0 N–H and O–H groups in total. The number of aldehydes is 1. The molecule has 0 unspecified atom stereocenters. The molecule has 34 heavy (non-hydrogen) atoms. The second-order valence-electron chi connectivity index (χ2n) is 5.27. The van der Waals surface area contributed by atoms with Crippen LogP contribution >= 0.6 is 60.4 Å². The fourth-order valence-electron chi connectivity index (χ4n) is 1.77. The first-order valence-electron chi connectivity index (χ1n) is 8.58. The Kier molecular flexibility index (Phi) is 20.7.